The molecular weight excluding hydrogens is 200 g/mol. The summed E-state index contributed by atoms with van der Waals surface area (Å²) >= 11 is 0. The van der Waals surface area contributed by atoms with E-state index >= 15 is 0 Å². The van der Waals surface area contributed by atoms with Gasteiger partial charge in [0.1, 0.15) is 0 Å². The number of hydrogen-bond donors (Lipinski definition) is 1. The summed E-state index contributed by atoms with van der Waals surface area (Å²) in [5.74, 6) is 0.815. The fraction of sp³-hybridized carbons (Fsp3) is 1.00. The third kappa shape index (κ3) is 3.19. The molecule has 2 aliphatic rings. The summed E-state index contributed by atoms with van der Waals surface area (Å²) in [4.78, 5) is 0. The molecule has 1 N–H and O–H groups in total. The summed E-state index contributed by atoms with van der Waals surface area (Å²) in [6.07, 6.45) is 6.52. The van der Waals surface area contributed by atoms with Crippen LogP contribution in [0.5, 0.6) is 0 Å². The van der Waals surface area contributed by atoms with Crippen LogP contribution in [0.2, 0.25) is 0 Å². The van der Waals surface area contributed by atoms with E-state index in [9.17, 15) is 0 Å². The van der Waals surface area contributed by atoms with Gasteiger partial charge >= 0.3 is 0 Å². The zero-order chi connectivity index (χ0) is 11.4. The number of ether oxygens (including phenoxy) is 1. The van der Waals surface area contributed by atoms with E-state index in [1.165, 1.54) is 32.1 Å². The molecular formula is C13H26N2O. The lowest BCUT2D eigenvalue weighted by atomic mass is 9.98. The van der Waals surface area contributed by atoms with E-state index in [-0.39, 0.29) is 0 Å². The average Bonchev–Trinajstić information content (AvgIpc) is 2.30. The summed E-state index contributed by atoms with van der Waals surface area (Å²) in [6.45, 7) is 7.73. The molecule has 16 heavy (non-hydrogen) atoms. The lowest BCUT2D eigenvalue weighted by molar-refractivity contribution is 0.0208. The van der Waals surface area contributed by atoms with Crippen LogP contribution in [0.25, 0.3) is 0 Å². The minimum Gasteiger partial charge on any atom is -0.381 e. The number of nitrogens with one attached hydrogen (secondary N) is 1. The van der Waals surface area contributed by atoms with Crippen molar-refractivity contribution in [2.24, 2.45) is 5.92 Å². The first kappa shape index (κ1) is 12.3. The molecule has 2 heterocycles. The highest BCUT2D eigenvalue weighted by Gasteiger charge is 2.25. The summed E-state index contributed by atoms with van der Waals surface area (Å²) in [6, 6.07) is 1.40. The summed E-state index contributed by atoms with van der Waals surface area (Å²) in [5, 5.41) is 2.49. The molecule has 3 nitrogen and oxygen atoms in total. The zero-order valence-corrected chi connectivity index (χ0v) is 10.7. The van der Waals surface area contributed by atoms with Crippen LogP contribution in [0.3, 0.4) is 0 Å². The van der Waals surface area contributed by atoms with Crippen LogP contribution in [0, 0.1) is 5.92 Å². The quantitative estimate of drug-likeness (QED) is 0.798. The van der Waals surface area contributed by atoms with Crippen molar-refractivity contribution in [1.82, 2.24) is 10.4 Å². The molecule has 0 saturated carbocycles. The SMILES string of the molecule is CC1CCCC(C)N1NCC1CCOCC1. The Morgan fingerprint density at radius 3 is 2.31 bits per heavy atom. The highest BCUT2D eigenvalue weighted by Crippen LogP contribution is 2.21. The maximum absolute atomic E-state index is 5.39. The fourth-order valence-corrected chi connectivity index (χ4v) is 2.92. The molecule has 0 aromatic carbocycles. The standard InChI is InChI=1S/C13H26N2O/c1-11-4-3-5-12(2)15(11)14-10-13-6-8-16-9-7-13/h11-14H,3-10H2,1-2H3. The van der Waals surface area contributed by atoms with Crippen molar-refractivity contribution in [1.29, 1.82) is 0 Å². The Labute approximate surface area is 99.5 Å². The highest BCUT2D eigenvalue weighted by atomic mass is 16.5. The smallest absolute Gasteiger partial charge is 0.0469 e. The topological polar surface area (TPSA) is 24.5 Å². The minimum atomic E-state index is 0.698. The summed E-state index contributed by atoms with van der Waals surface area (Å²) < 4.78 is 5.39. The van der Waals surface area contributed by atoms with Gasteiger partial charge in [0.25, 0.3) is 0 Å². The molecule has 0 radical (unpaired) electrons. The summed E-state index contributed by atoms with van der Waals surface area (Å²) in [7, 11) is 0. The first-order valence-corrected chi connectivity index (χ1v) is 6.87. The molecule has 0 aromatic heterocycles. The molecule has 2 aliphatic heterocycles. The predicted molar refractivity (Wildman–Crippen MR) is 66.2 cm³/mol. The minimum absolute atomic E-state index is 0.698. The van der Waals surface area contributed by atoms with Crippen LogP contribution in [-0.2, 0) is 4.74 Å². The number of hydrazine groups is 1. The van der Waals surface area contributed by atoms with Gasteiger partial charge in [-0.3, -0.25) is 5.43 Å². The largest absolute Gasteiger partial charge is 0.381 e. The molecule has 3 heteroatoms. The number of hydrogen-bond acceptors (Lipinski definition) is 3. The van der Waals surface area contributed by atoms with Gasteiger partial charge in [-0.15, -0.1) is 0 Å². The van der Waals surface area contributed by atoms with Crippen LogP contribution >= 0.6 is 0 Å². The van der Waals surface area contributed by atoms with Crippen LogP contribution in [0.1, 0.15) is 46.0 Å². The average molecular weight is 226 g/mol. The maximum Gasteiger partial charge on any atom is 0.0469 e. The summed E-state index contributed by atoms with van der Waals surface area (Å²) in [5.41, 5.74) is 3.67. The third-order valence-electron chi connectivity index (χ3n) is 4.10. The molecule has 2 rings (SSSR count). The predicted octanol–water partition coefficient (Wildman–Crippen LogP) is 2.18. The van der Waals surface area contributed by atoms with Gasteiger partial charge in [-0.1, -0.05) is 6.42 Å². The molecule has 0 aliphatic carbocycles. The lowest BCUT2D eigenvalue weighted by Gasteiger charge is -2.40. The van der Waals surface area contributed by atoms with Crippen molar-refractivity contribution in [2.45, 2.75) is 58.0 Å². The van der Waals surface area contributed by atoms with Gasteiger partial charge < -0.3 is 4.74 Å². The lowest BCUT2D eigenvalue weighted by Crippen LogP contribution is -2.53. The normalized spacial score (nSPS) is 34.1. The van der Waals surface area contributed by atoms with Crippen molar-refractivity contribution in [3.63, 3.8) is 0 Å². The molecule has 2 fully saturated rings. The highest BCUT2D eigenvalue weighted by molar-refractivity contribution is 4.77. The zero-order valence-electron chi connectivity index (χ0n) is 10.7. The first-order valence-electron chi connectivity index (χ1n) is 6.87. The molecule has 94 valence electrons. The second-order valence-corrected chi connectivity index (χ2v) is 5.45. The number of piperidine rings is 1. The third-order valence-corrected chi connectivity index (χ3v) is 4.10. The Morgan fingerprint density at radius 2 is 1.69 bits per heavy atom. The second kappa shape index (κ2) is 5.99. The van der Waals surface area contributed by atoms with Crippen LogP contribution < -0.4 is 5.43 Å². The van der Waals surface area contributed by atoms with E-state index in [1.807, 2.05) is 0 Å². The van der Waals surface area contributed by atoms with E-state index in [0.717, 1.165) is 25.7 Å². The molecule has 2 atom stereocenters. The Morgan fingerprint density at radius 1 is 1.06 bits per heavy atom. The monoisotopic (exact) mass is 226 g/mol. The Bertz CT molecular complexity index is 194. The maximum atomic E-state index is 5.39. The van der Waals surface area contributed by atoms with Gasteiger partial charge in [-0.2, -0.15) is 0 Å². The number of rotatable bonds is 3. The van der Waals surface area contributed by atoms with Gasteiger partial charge in [0, 0.05) is 31.8 Å². The molecule has 2 unspecified atom stereocenters. The van der Waals surface area contributed by atoms with Crippen molar-refractivity contribution in [3.8, 4) is 0 Å². The van der Waals surface area contributed by atoms with Crippen molar-refractivity contribution in [2.75, 3.05) is 19.8 Å². The van der Waals surface area contributed by atoms with Crippen molar-refractivity contribution >= 4 is 0 Å². The Kier molecular flexibility index (Phi) is 4.62. The van der Waals surface area contributed by atoms with Gasteiger partial charge in [0.15, 0.2) is 0 Å². The van der Waals surface area contributed by atoms with E-state index < -0.39 is 0 Å². The number of nitrogens with zero attached hydrogens (tertiary/aromatic N) is 1. The van der Waals surface area contributed by atoms with Gasteiger partial charge in [-0.25, -0.2) is 5.01 Å². The van der Waals surface area contributed by atoms with Crippen LogP contribution in [-0.4, -0.2) is 36.9 Å². The van der Waals surface area contributed by atoms with Gasteiger partial charge in [0.2, 0.25) is 0 Å². The molecule has 0 spiro atoms. The second-order valence-electron chi connectivity index (χ2n) is 5.45. The van der Waals surface area contributed by atoms with Crippen LogP contribution in [0.15, 0.2) is 0 Å². The van der Waals surface area contributed by atoms with E-state index in [1.54, 1.807) is 0 Å². The van der Waals surface area contributed by atoms with Gasteiger partial charge in [-0.05, 0) is 45.4 Å². The first-order chi connectivity index (χ1) is 7.77. The molecule has 0 bridgehead atoms. The van der Waals surface area contributed by atoms with E-state index in [0.29, 0.717) is 12.1 Å². The van der Waals surface area contributed by atoms with E-state index in [4.69, 9.17) is 4.74 Å². The fourth-order valence-electron chi connectivity index (χ4n) is 2.92. The Hall–Kier alpha value is -0.120. The molecule has 2 saturated heterocycles. The van der Waals surface area contributed by atoms with Crippen LogP contribution in [0.4, 0.5) is 0 Å². The Balaban J connectivity index is 1.74. The molecule has 0 amide bonds. The molecule has 0 aromatic rings. The van der Waals surface area contributed by atoms with Crippen molar-refractivity contribution in [3.05, 3.63) is 0 Å². The van der Waals surface area contributed by atoms with Crippen molar-refractivity contribution < 1.29 is 4.74 Å². The van der Waals surface area contributed by atoms with E-state index in [2.05, 4.69) is 24.3 Å². The van der Waals surface area contributed by atoms with Gasteiger partial charge in [0.05, 0.1) is 0 Å².